The van der Waals surface area contributed by atoms with Crippen molar-refractivity contribution in [1.82, 2.24) is 0 Å². The van der Waals surface area contributed by atoms with Crippen molar-refractivity contribution in [3.05, 3.63) is 202 Å². The Labute approximate surface area is 266 Å². The minimum Gasteiger partial charge on any atom is -0.426 e. The van der Waals surface area contributed by atoms with E-state index in [0.717, 1.165) is 33.0 Å². The Bertz CT molecular complexity index is 2270. The number of fused-ring (bicyclic) bond motifs is 5. The summed E-state index contributed by atoms with van der Waals surface area (Å²) < 4.78 is 13.0. The monoisotopic (exact) mass is 596 g/mol. The van der Waals surface area contributed by atoms with Gasteiger partial charge >= 0.3 is 11.9 Å². The molecule has 6 aromatic carbocycles. The lowest BCUT2D eigenvalue weighted by atomic mass is 9.69. The van der Waals surface area contributed by atoms with Crippen molar-refractivity contribution in [1.29, 1.82) is 0 Å². The van der Waals surface area contributed by atoms with Gasteiger partial charge in [0.25, 0.3) is 0 Å². The summed E-state index contributed by atoms with van der Waals surface area (Å²) in [6, 6.07) is 46.4. The molecule has 2 bridgehead atoms. The zero-order valence-corrected chi connectivity index (χ0v) is 24.9. The molecule has 220 valence electrons. The topological polar surface area (TPSA) is 52.6 Å². The molecular weight excluding hydrogens is 568 g/mol. The summed E-state index contributed by atoms with van der Waals surface area (Å²) in [7, 11) is 0. The number of benzene rings is 6. The van der Waals surface area contributed by atoms with Crippen LogP contribution in [-0.4, -0.2) is 11.9 Å². The molecule has 0 saturated carbocycles. The minimum atomic E-state index is -0.492. The van der Waals surface area contributed by atoms with Crippen molar-refractivity contribution in [2.75, 3.05) is 0 Å². The van der Waals surface area contributed by atoms with Crippen molar-refractivity contribution in [3.8, 4) is 0 Å². The van der Waals surface area contributed by atoms with Crippen LogP contribution in [-0.2, 0) is 9.47 Å². The Kier molecular flexibility index (Phi) is 6.69. The molecule has 6 aromatic rings. The highest BCUT2D eigenvalue weighted by Crippen LogP contribution is 2.51. The van der Waals surface area contributed by atoms with E-state index in [0.29, 0.717) is 38.7 Å². The Morgan fingerprint density at radius 3 is 1.41 bits per heavy atom. The lowest BCUT2D eigenvalue weighted by Gasteiger charge is -2.35. The molecule has 0 radical (unpaired) electrons. The fourth-order valence-corrected chi connectivity index (χ4v) is 6.85. The zero-order chi connectivity index (χ0) is 31.2. The highest BCUT2D eigenvalue weighted by Gasteiger charge is 2.39. The highest BCUT2D eigenvalue weighted by molar-refractivity contribution is 5.95. The smallest absolute Gasteiger partial charge is 0.343 e. The Morgan fingerprint density at radius 2 is 0.891 bits per heavy atom. The molecule has 0 atom stereocenters. The maximum atomic E-state index is 13.9. The molecule has 0 unspecified atom stereocenters. The summed E-state index contributed by atoms with van der Waals surface area (Å²) >= 11 is 0. The van der Waals surface area contributed by atoms with E-state index in [2.05, 4.69) is 30.8 Å². The molecular formula is C42H28O4. The molecule has 2 aliphatic rings. The Hall–Kier alpha value is -6.00. The molecule has 0 fully saturated rings. The largest absolute Gasteiger partial charge is 0.426 e. The third-order valence-corrected chi connectivity index (χ3v) is 8.95. The molecule has 0 aliphatic heterocycles. The molecule has 0 spiro atoms. The molecule has 4 nitrogen and oxygen atoms in total. The third kappa shape index (κ3) is 4.54. The Morgan fingerprint density at radius 1 is 0.478 bits per heavy atom. The summed E-state index contributed by atoms with van der Waals surface area (Å²) in [4.78, 5) is 27.7. The van der Waals surface area contributed by atoms with E-state index >= 15 is 0 Å². The predicted octanol–water partition coefficient (Wildman–Crippen LogP) is 7.62. The maximum Gasteiger partial charge on any atom is 0.343 e. The van der Waals surface area contributed by atoms with Gasteiger partial charge in [-0.15, -0.1) is 0 Å². The summed E-state index contributed by atoms with van der Waals surface area (Å²) in [5, 5.41) is 3.22. The van der Waals surface area contributed by atoms with E-state index in [1.54, 1.807) is 24.3 Å². The van der Waals surface area contributed by atoms with Crippen LogP contribution in [0.2, 0.25) is 0 Å². The van der Waals surface area contributed by atoms with Gasteiger partial charge in [0.05, 0.1) is 17.0 Å². The van der Waals surface area contributed by atoms with Crippen LogP contribution in [0.5, 0.6) is 0 Å². The first-order chi connectivity index (χ1) is 22.6. The number of carbonyl (C=O) groups is 2. The number of hydrogen-bond donors (Lipinski definition) is 0. The summed E-state index contributed by atoms with van der Waals surface area (Å²) in [5.41, 5.74) is 5.59. The van der Waals surface area contributed by atoms with Gasteiger partial charge < -0.3 is 9.47 Å². The van der Waals surface area contributed by atoms with E-state index in [1.165, 1.54) is 0 Å². The number of carbonyl (C=O) groups excluding carboxylic acids is 2. The van der Waals surface area contributed by atoms with Gasteiger partial charge in [0.2, 0.25) is 0 Å². The quantitative estimate of drug-likeness (QED) is 0.197. The van der Waals surface area contributed by atoms with E-state index in [-0.39, 0.29) is 5.92 Å². The third-order valence-electron chi connectivity index (χ3n) is 8.95. The van der Waals surface area contributed by atoms with Crippen molar-refractivity contribution in [3.63, 3.8) is 0 Å². The van der Waals surface area contributed by atoms with Gasteiger partial charge in [-0.05, 0) is 69.4 Å². The zero-order valence-electron chi connectivity index (χ0n) is 24.9. The molecule has 0 amide bonds. The van der Waals surface area contributed by atoms with Crippen molar-refractivity contribution < 1.29 is 19.1 Å². The number of ether oxygens (including phenoxy) is 2. The van der Waals surface area contributed by atoms with E-state index in [4.69, 9.17) is 9.47 Å². The van der Waals surface area contributed by atoms with Crippen LogP contribution >= 0.6 is 0 Å². The van der Waals surface area contributed by atoms with Crippen LogP contribution < -0.4 is 10.4 Å². The second-order valence-corrected chi connectivity index (χ2v) is 11.6. The van der Waals surface area contributed by atoms with Crippen LogP contribution in [0.1, 0.15) is 54.8 Å². The van der Waals surface area contributed by atoms with Gasteiger partial charge in [0.15, 0.2) is 0 Å². The lowest BCUT2D eigenvalue weighted by molar-refractivity contribution is 0.0670. The van der Waals surface area contributed by atoms with Crippen molar-refractivity contribution in [2.24, 2.45) is 0 Å². The standard InChI is InChI=1S/C42H28O4/c1-26-37-31-20-10-12-22-33(31)38(34-23-13-11-21-32(34)37)40(46-42(44)28-16-6-3-7-17-28)36-25-30-19-9-8-18-29(30)24-35(36)39(26)45-41(43)27-14-4-2-5-15-27/h2-25,37-38H,1H2/b39-35+,40-36+. The van der Waals surface area contributed by atoms with E-state index < -0.39 is 17.9 Å². The SMILES string of the molecule is C=C1/C(OC(=O)c2ccccc2)=c2/cc3ccccc3c/c2=C(\OC(=O)c2ccccc2)C2c3ccccc3C1c1ccccc12. The summed E-state index contributed by atoms with van der Waals surface area (Å²) in [6.07, 6.45) is 0. The molecule has 0 N–H and O–H groups in total. The molecule has 0 aromatic heterocycles. The molecule has 8 rings (SSSR count). The summed E-state index contributed by atoms with van der Waals surface area (Å²) in [5.74, 6) is -0.850. The first-order valence-corrected chi connectivity index (χ1v) is 15.3. The molecule has 4 heteroatoms. The molecule has 2 aliphatic carbocycles. The van der Waals surface area contributed by atoms with E-state index in [1.807, 2.05) is 97.1 Å². The number of rotatable bonds is 4. The highest BCUT2D eigenvalue weighted by atomic mass is 16.5. The van der Waals surface area contributed by atoms with E-state index in [9.17, 15) is 9.59 Å². The Balaban J connectivity index is 1.52. The second-order valence-electron chi connectivity index (χ2n) is 11.6. The van der Waals surface area contributed by atoms with Gasteiger partial charge in [0, 0.05) is 21.9 Å². The molecule has 0 heterocycles. The van der Waals surface area contributed by atoms with Crippen LogP contribution in [0.3, 0.4) is 0 Å². The fourth-order valence-electron chi connectivity index (χ4n) is 6.85. The molecule has 0 saturated heterocycles. The number of hydrogen-bond acceptors (Lipinski definition) is 4. The van der Waals surface area contributed by atoms with Gasteiger partial charge in [-0.1, -0.05) is 116 Å². The fraction of sp³-hybridized carbons (Fsp3) is 0.0476. The maximum absolute atomic E-state index is 13.9. The van der Waals surface area contributed by atoms with Crippen LogP contribution in [0.25, 0.3) is 22.3 Å². The van der Waals surface area contributed by atoms with Crippen molar-refractivity contribution >= 4 is 34.2 Å². The lowest BCUT2D eigenvalue weighted by Crippen LogP contribution is -2.33. The first-order valence-electron chi connectivity index (χ1n) is 15.3. The number of esters is 2. The van der Waals surface area contributed by atoms with Gasteiger partial charge in [-0.3, -0.25) is 0 Å². The first kappa shape index (κ1) is 27.5. The van der Waals surface area contributed by atoms with Crippen molar-refractivity contribution in [2.45, 2.75) is 11.8 Å². The summed E-state index contributed by atoms with van der Waals surface area (Å²) in [6.45, 7) is 4.64. The van der Waals surface area contributed by atoms with Gasteiger partial charge in [-0.25, -0.2) is 9.59 Å². The van der Waals surface area contributed by atoms with Crippen LogP contribution in [0, 0.1) is 0 Å². The minimum absolute atomic E-state index is 0.300. The van der Waals surface area contributed by atoms with Crippen LogP contribution in [0.4, 0.5) is 0 Å². The normalized spacial score (nSPS) is 18.7. The second kappa shape index (κ2) is 11.2. The molecule has 46 heavy (non-hydrogen) atoms. The van der Waals surface area contributed by atoms with Gasteiger partial charge in [-0.2, -0.15) is 0 Å². The van der Waals surface area contributed by atoms with Crippen LogP contribution in [0.15, 0.2) is 158 Å². The average molecular weight is 597 g/mol. The predicted molar refractivity (Wildman–Crippen MR) is 179 cm³/mol. The van der Waals surface area contributed by atoms with Gasteiger partial charge in [0.1, 0.15) is 11.5 Å². The average Bonchev–Trinajstić information content (AvgIpc) is 3.16.